The summed E-state index contributed by atoms with van der Waals surface area (Å²) in [6, 6.07) is 17.1. The van der Waals surface area contributed by atoms with Gasteiger partial charge >= 0.3 is 6.09 Å². The Morgan fingerprint density at radius 2 is 1.79 bits per heavy atom. The van der Waals surface area contributed by atoms with Gasteiger partial charge in [-0.3, -0.25) is 9.69 Å². The number of likely N-dealkylation sites (tertiary alicyclic amines) is 1. The zero-order valence-corrected chi connectivity index (χ0v) is 22.3. The van der Waals surface area contributed by atoms with Crippen molar-refractivity contribution in [1.29, 1.82) is 0 Å². The zero-order valence-electron chi connectivity index (χ0n) is 21.6. The minimum absolute atomic E-state index is 0.146. The monoisotopic (exact) mass is 531 g/mol. The summed E-state index contributed by atoms with van der Waals surface area (Å²) < 4.78 is 0. The summed E-state index contributed by atoms with van der Waals surface area (Å²) >= 11 is 6.01. The average Bonchev–Trinajstić information content (AvgIpc) is 3.58. The number of aromatic nitrogens is 3. The van der Waals surface area contributed by atoms with Crippen LogP contribution in [-0.2, 0) is 4.79 Å². The molecule has 0 saturated carbocycles. The van der Waals surface area contributed by atoms with Crippen LogP contribution >= 0.6 is 11.6 Å². The number of hydrogen-bond acceptors (Lipinski definition) is 4. The Kier molecular flexibility index (Phi) is 7.08. The molecule has 5 rings (SSSR count). The number of nitrogens with one attached hydrogen (secondary N) is 1. The second kappa shape index (κ2) is 10.5. The van der Waals surface area contributed by atoms with Crippen LogP contribution in [0.2, 0.25) is 5.15 Å². The van der Waals surface area contributed by atoms with Crippen molar-refractivity contribution in [3.63, 3.8) is 0 Å². The third kappa shape index (κ3) is 4.96. The third-order valence-corrected chi connectivity index (χ3v) is 7.45. The molecule has 2 atom stereocenters. The molecule has 2 aromatic carbocycles. The number of aromatic amines is 1. The normalized spacial score (nSPS) is 16.2. The highest BCUT2D eigenvalue weighted by Crippen LogP contribution is 2.34. The average molecular weight is 532 g/mol. The van der Waals surface area contributed by atoms with E-state index in [4.69, 9.17) is 11.6 Å². The maximum Gasteiger partial charge on any atom is 0.407 e. The maximum absolute atomic E-state index is 13.4. The van der Waals surface area contributed by atoms with Gasteiger partial charge in [-0.1, -0.05) is 55.8 Å². The highest BCUT2D eigenvalue weighted by atomic mass is 35.5. The van der Waals surface area contributed by atoms with E-state index in [2.05, 4.69) is 33.2 Å². The zero-order chi connectivity index (χ0) is 27.0. The summed E-state index contributed by atoms with van der Waals surface area (Å²) in [5.74, 6) is 0.394. The van der Waals surface area contributed by atoms with Crippen molar-refractivity contribution >= 4 is 34.5 Å². The molecule has 196 valence electrons. The lowest BCUT2D eigenvalue weighted by molar-refractivity contribution is -0.138. The van der Waals surface area contributed by atoms with Gasteiger partial charge in [-0.15, -0.1) is 0 Å². The first kappa shape index (κ1) is 25.7. The topological polar surface area (TPSA) is 102 Å². The van der Waals surface area contributed by atoms with Crippen molar-refractivity contribution in [3.8, 4) is 22.4 Å². The lowest BCUT2D eigenvalue weighted by Crippen LogP contribution is -2.51. The van der Waals surface area contributed by atoms with E-state index in [0.29, 0.717) is 11.7 Å². The molecule has 2 amide bonds. The molecule has 1 aliphatic rings. The van der Waals surface area contributed by atoms with Crippen LogP contribution in [0.25, 0.3) is 33.3 Å². The van der Waals surface area contributed by atoms with Crippen molar-refractivity contribution in [1.82, 2.24) is 24.8 Å². The van der Waals surface area contributed by atoms with Crippen LogP contribution in [0.5, 0.6) is 0 Å². The number of carbonyl (C=O) groups is 2. The molecule has 1 saturated heterocycles. The fourth-order valence-electron chi connectivity index (χ4n) is 5.28. The Morgan fingerprint density at radius 3 is 2.50 bits per heavy atom. The molecule has 1 aliphatic heterocycles. The summed E-state index contributed by atoms with van der Waals surface area (Å²) in [7, 11) is 1.45. The molecular weight excluding hydrogens is 502 g/mol. The SMILES string of the molecule is CC(C)[C@@H](C(=O)N1CCC[C@H]1c1ncc(-c2ccc(-c3ccc4nc(Cl)ccc4c3)cc2)[nH]1)N(C)C(=O)O. The largest absolute Gasteiger partial charge is 0.465 e. The van der Waals surface area contributed by atoms with E-state index in [1.165, 1.54) is 7.05 Å². The number of hydrogen-bond donors (Lipinski definition) is 2. The van der Waals surface area contributed by atoms with Gasteiger partial charge in [0.2, 0.25) is 5.91 Å². The molecule has 1 fully saturated rings. The van der Waals surface area contributed by atoms with Crippen molar-refractivity contribution in [3.05, 3.63) is 71.8 Å². The van der Waals surface area contributed by atoms with Crippen molar-refractivity contribution in [2.75, 3.05) is 13.6 Å². The highest BCUT2D eigenvalue weighted by molar-refractivity contribution is 6.29. The number of rotatable bonds is 6. The summed E-state index contributed by atoms with van der Waals surface area (Å²) in [5, 5.41) is 11.0. The molecule has 2 N–H and O–H groups in total. The first-order valence-corrected chi connectivity index (χ1v) is 13.1. The number of benzene rings is 2. The van der Waals surface area contributed by atoms with E-state index >= 15 is 0 Å². The van der Waals surface area contributed by atoms with Gasteiger partial charge in [0.15, 0.2) is 0 Å². The first-order valence-electron chi connectivity index (χ1n) is 12.7. The molecule has 0 spiro atoms. The Labute approximate surface area is 226 Å². The number of nitrogens with zero attached hydrogens (tertiary/aromatic N) is 4. The summed E-state index contributed by atoms with van der Waals surface area (Å²) in [5.41, 5.74) is 4.89. The minimum Gasteiger partial charge on any atom is -0.465 e. The number of fused-ring (bicyclic) bond motifs is 1. The summed E-state index contributed by atoms with van der Waals surface area (Å²) in [6.45, 7) is 4.32. The molecular formula is C29H30ClN5O3. The van der Waals surface area contributed by atoms with Gasteiger partial charge in [0.1, 0.15) is 17.0 Å². The number of likely N-dealkylation sites (N-methyl/N-ethyl adjacent to an activating group) is 1. The molecule has 0 aliphatic carbocycles. The summed E-state index contributed by atoms with van der Waals surface area (Å²) in [4.78, 5) is 40.3. The van der Waals surface area contributed by atoms with Gasteiger partial charge in [0.05, 0.1) is 23.4 Å². The Morgan fingerprint density at radius 1 is 1.08 bits per heavy atom. The van der Waals surface area contributed by atoms with Crippen LogP contribution in [0.15, 0.2) is 60.8 Å². The van der Waals surface area contributed by atoms with Crippen LogP contribution in [0.4, 0.5) is 4.79 Å². The smallest absolute Gasteiger partial charge is 0.407 e. The number of imidazole rings is 1. The second-order valence-corrected chi connectivity index (χ2v) is 10.5. The van der Waals surface area contributed by atoms with E-state index in [0.717, 1.165) is 56.9 Å². The van der Waals surface area contributed by atoms with Crippen molar-refractivity contribution < 1.29 is 14.7 Å². The Bertz CT molecular complexity index is 1480. The number of carboxylic acid groups (broad SMARTS) is 1. The van der Waals surface area contributed by atoms with Crippen LogP contribution in [0, 0.1) is 5.92 Å². The lowest BCUT2D eigenvalue weighted by atomic mass is 10.0. The Balaban J connectivity index is 1.35. The van der Waals surface area contributed by atoms with E-state index in [9.17, 15) is 14.7 Å². The van der Waals surface area contributed by atoms with Gasteiger partial charge in [-0.2, -0.15) is 0 Å². The van der Waals surface area contributed by atoms with Crippen molar-refractivity contribution in [2.24, 2.45) is 5.92 Å². The number of pyridine rings is 1. The van der Waals surface area contributed by atoms with Gasteiger partial charge in [0.25, 0.3) is 0 Å². The van der Waals surface area contributed by atoms with Gasteiger partial charge in [-0.25, -0.2) is 14.8 Å². The molecule has 8 nitrogen and oxygen atoms in total. The van der Waals surface area contributed by atoms with E-state index < -0.39 is 12.1 Å². The van der Waals surface area contributed by atoms with Crippen LogP contribution in [-0.4, -0.2) is 61.5 Å². The standard InChI is InChI=1S/C29H30ClN5O3/c1-17(2)26(34(3)29(37)38)28(36)35-14-4-5-24(35)27-31-16-23(33-27)19-8-6-18(7-9-19)20-10-12-22-21(15-20)11-13-25(30)32-22/h6-13,15-17,24,26H,4-5,14H2,1-3H3,(H,31,33)(H,37,38)/t24-,26-/m0/s1. The van der Waals surface area contributed by atoms with Crippen LogP contribution in [0.3, 0.4) is 0 Å². The van der Waals surface area contributed by atoms with Crippen molar-refractivity contribution in [2.45, 2.75) is 38.8 Å². The fraction of sp³-hybridized carbons (Fsp3) is 0.310. The molecule has 4 aromatic rings. The quantitative estimate of drug-likeness (QED) is 0.286. The number of amides is 2. The molecule has 2 aromatic heterocycles. The van der Waals surface area contributed by atoms with Gasteiger partial charge < -0.3 is 15.0 Å². The lowest BCUT2D eigenvalue weighted by Gasteiger charge is -2.33. The van der Waals surface area contributed by atoms with E-state index in [1.807, 2.05) is 44.2 Å². The van der Waals surface area contributed by atoms with Gasteiger partial charge in [0, 0.05) is 19.0 Å². The van der Waals surface area contributed by atoms with Gasteiger partial charge in [-0.05, 0) is 59.7 Å². The predicted octanol–water partition coefficient (Wildman–Crippen LogP) is 6.24. The number of carbonyl (C=O) groups excluding carboxylic acids is 1. The number of halogens is 1. The highest BCUT2D eigenvalue weighted by Gasteiger charge is 2.39. The van der Waals surface area contributed by atoms with E-state index in [-0.39, 0.29) is 17.9 Å². The molecule has 38 heavy (non-hydrogen) atoms. The molecule has 0 bridgehead atoms. The maximum atomic E-state index is 13.4. The first-order chi connectivity index (χ1) is 18.2. The molecule has 3 heterocycles. The van der Waals surface area contributed by atoms with Crippen LogP contribution < -0.4 is 0 Å². The molecule has 0 unspecified atom stereocenters. The Hall–Kier alpha value is -3.91. The molecule has 9 heteroatoms. The van der Waals surface area contributed by atoms with Crippen LogP contribution in [0.1, 0.15) is 38.6 Å². The minimum atomic E-state index is -1.11. The summed E-state index contributed by atoms with van der Waals surface area (Å²) in [6.07, 6.45) is 2.30. The third-order valence-electron chi connectivity index (χ3n) is 7.23. The predicted molar refractivity (Wildman–Crippen MR) is 148 cm³/mol. The fourth-order valence-corrected chi connectivity index (χ4v) is 5.43. The van der Waals surface area contributed by atoms with E-state index in [1.54, 1.807) is 17.2 Å². The molecule has 0 radical (unpaired) electrons. The number of H-pyrrole nitrogens is 1. The second-order valence-electron chi connectivity index (χ2n) is 10.1.